The monoisotopic (exact) mass is 233 g/mol. The minimum absolute atomic E-state index is 0.236. The van der Waals surface area contributed by atoms with Crippen LogP contribution in [0.5, 0.6) is 0 Å². The van der Waals surface area contributed by atoms with Crippen LogP contribution < -0.4 is 5.32 Å². The van der Waals surface area contributed by atoms with Crippen molar-refractivity contribution in [2.75, 3.05) is 18.5 Å². The number of hydrogen-bond acceptors (Lipinski definition) is 3. The smallest absolute Gasteiger partial charge is 0.338 e. The van der Waals surface area contributed by atoms with Crippen molar-refractivity contribution < 1.29 is 9.53 Å². The third-order valence-corrected chi connectivity index (χ3v) is 3.04. The third kappa shape index (κ3) is 2.60. The van der Waals surface area contributed by atoms with E-state index < -0.39 is 0 Å². The zero-order chi connectivity index (χ0) is 12.5. The van der Waals surface area contributed by atoms with E-state index in [-0.39, 0.29) is 11.4 Å². The molecule has 2 rings (SSSR count). The van der Waals surface area contributed by atoms with Gasteiger partial charge in [-0.1, -0.05) is 13.8 Å². The molecule has 0 radical (unpaired) electrons. The van der Waals surface area contributed by atoms with E-state index in [9.17, 15) is 4.79 Å². The summed E-state index contributed by atoms with van der Waals surface area (Å²) in [5.41, 5.74) is 3.22. The second-order valence-electron chi connectivity index (χ2n) is 5.29. The topological polar surface area (TPSA) is 38.3 Å². The highest BCUT2D eigenvalue weighted by Crippen LogP contribution is 2.32. The van der Waals surface area contributed by atoms with E-state index in [1.807, 2.05) is 25.1 Å². The summed E-state index contributed by atoms with van der Waals surface area (Å²) in [5, 5.41) is 3.40. The van der Waals surface area contributed by atoms with Crippen LogP contribution in [-0.2, 0) is 11.2 Å². The number of carbonyl (C=O) groups is 1. The molecule has 0 fully saturated rings. The second kappa shape index (κ2) is 4.40. The lowest BCUT2D eigenvalue weighted by Crippen LogP contribution is -2.30. The Bertz CT molecular complexity index is 438. The van der Waals surface area contributed by atoms with Gasteiger partial charge in [0.1, 0.15) is 0 Å². The van der Waals surface area contributed by atoms with Gasteiger partial charge >= 0.3 is 5.97 Å². The van der Waals surface area contributed by atoms with Gasteiger partial charge in [0.25, 0.3) is 0 Å². The van der Waals surface area contributed by atoms with Crippen molar-refractivity contribution in [3.05, 3.63) is 29.3 Å². The lowest BCUT2D eigenvalue weighted by atomic mass is 9.82. The molecule has 0 spiro atoms. The van der Waals surface area contributed by atoms with Gasteiger partial charge in [-0.15, -0.1) is 0 Å². The molecule has 3 heteroatoms. The molecule has 0 unspecified atom stereocenters. The van der Waals surface area contributed by atoms with Gasteiger partial charge in [-0.25, -0.2) is 4.79 Å². The van der Waals surface area contributed by atoms with Crippen LogP contribution in [0, 0.1) is 5.41 Å². The lowest BCUT2D eigenvalue weighted by molar-refractivity contribution is 0.0526. The van der Waals surface area contributed by atoms with E-state index in [0.29, 0.717) is 12.2 Å². The predicted molar refractivity (Wildman–Crippen MR) is 68.4 cm³/mol. The molecule has 0 aliphatic carbocycles. The van der Waals surface area contributed by atoms with E-state index in [1.54, 1.807) is 0 Å². The molecule has 1 N–H and O–H groups in total. The zero-order valence-corrected chi connectivity index (χ0v) is 10.7. The molecule has 92 valence electrons. The molecule has 1 aliphatic rings. The molecule has 1 aromatic carbocycles. The van der Waals surface area contributed by atoms with Gasteiger partial charge in [0.2, 0.25) is 0 Å². The number of fused-ring (bicyclic) bond motifs is 1. The number of ether oxygens (including phenoxy) is 1. The molecule has 0 saturated carbocycles. The van der Waals surface area contributed by atoms with Crippen molar-refractivity contribution in [1.29, 1.82) is 0 Å². The van der Waals surface area contributed by atoms with Crippen LogP contribution in [0.3, 0.4) is 0 Å². The average Bonchev–Trinajstić information content (AvgIpc) is 2.27. The van der Waals surface area contributed by atoms with Crippen LogP contribution in [0.4, 0.5) is 5.69 Å². The minimum Gasteiger partial charge on any atom is -0.462 e. The van der Waals surface area contributed by atoms with E-state index in [1.165, 1.54) is 5.56 Å². The first-order valence-electron chi connectivity index (χ1n) is 6.06. The first kappa shape index (κ1) is 12.0. The Hall–Kier alpha value is -1.51. The lowest BCUT2D eigenvalue weighted by Gasteiger charge is -2.32. The fraction of sp³-hybridized carbons (Fsp3) is 0.500. The number of hydrogen-bond donors (Lipinski definition) is 1. The Morgan fingerprint density at radius 3 is 2.94 bits per heavy atom. The Morgan fingerprint density at radius 1 is 1.47 bits per heavy atom. The normalized spacial score (nSPS) is 16.9. The molecule has 0 atom stereocenters. The van der Waals surface area contributed by atoms with Crippen molar-refractivity contribution in [2.24, 2.45) is 5.41 Å². The Kier molecular flexibility index (Phi) is 3.09. The molecule has 0 bridgehead atoms. The van der Waals surface area contributed by atoms with E-state index >= 15 is 0 Å². The first-order chi connectivity index (χ1) is 8.02. The SMILES string of the molecule is CCOC(=O)c1ccc2c(c1)CC(C)(C)CN2. The maximum Gasteiger partial charge on any atom is 0.338 e. The Labute approximate surface area is 102 Å². The number of anilines is 1. The van der Waals surface area contributed by atoms with E-state index in [0.717, 1.165) is 18.7 Å². The highest BCUT2D eigenvalue weighted by atomic mass is 16.5. The summed E-state index contributed by atoms with van der Waals surface area (Å²) in [6, 6.07) is 5.74. The van der Waals surface area contributed by atoms with Gasteiger partial charge in [0, 0.05) is 12.2 Å². The molecule has 3 nitrogen and oxygen atoms in total. The molecule has 0 saturated heterocycles. The van der Waals surface area contributed by atoms with Crippen LogP contribution in [-0.4, -0.2) is 19.1 Å². The molecule has 0 aromatic heterocycles. The van der Waals surface area contributed by atoms with Gasteiger partial charge in [-0.05, 0) is 42.5 Å². The van der Waals surface area contributed by atoms with Crippen molar-refractivity contribution in [2.45, 2.75) is 27.2 Å². The largest absolute Gasteiger partial charge is 0.462 e. The van der Waals surface area contributed by atoms with Crippen LogP contribution in [0.25, 0.3) is 0 Å². The summed E-state index contributed by atoms with van der Waals surface area (Å²) < 4.78 is 5.01. The summed E-state index contributed by atoms with van der Waals surface area (Å²) >= 11 is 0. The summed E-state index contributed by atoms with van der Waals surface area (Å²) in [6.07, 6.45) is 0.989. The predicted octanol–water partition coefficient (Wildman–Crippen LogP) is 2.86. The second-order valence-corrected chi connectivity index (χ2v) is 5.29. The van der Waals surface area contributed by atoms with Crippen LogP contribution >= 0.6 is 0 Å². The summed E-state index contributed by atoms with van der Waals surface area (Å²) in [7, 11) is 0. The van der Waals surface area contributed by atoms with Crippen molar-refractivity contribution in [3.63, 3.8) is 0 Å². The van der Waals surface area contributed by atoms with Crippen molar-refractivity contribution in [3.8, 4) is 0 Å². The Morgan fingerprint density at radius 2 is 2.24 bits per heavy atom. The van der Waals surface area contributed by atoms with Crippen LogP contribution in [0.15, 0.2) is 18.2 Å². The molecule has 17 heavy (non-hydrogen) atoms. The molecule has 1 aromatic rings. The number of esters is 1. The molecule has 1 aliphatic heterocycles. The standard InChI is InChI=1S/C14H19NO2/c1-4-17-13(16)10-5-6-12-11(7-10)8-14(2,3)9-15-12/h5-7,15H,4,8-9H2,1-3H3. The third-order valence-electron chi connectivity index (χ3n) is 3.04. The van der Waals surface area contributed by atoms with Gasteiger partial charge in [-0.2, -0.15) is 0 Å². The fourth-order valence-corrected chi connectivity index (χ4v) is 2.17. The highest BCUT2D eigenvalue weighted by molar-refractivity contribution is 5.90. The number of nitrogens with one attached hydrogen (secondary N) is 1. The number of rotatable bonds is 2. The molecular weight excluding hydrogens is 214 g/mol. The number of carbonyl (C=O) groups excluding carboxylic acids is 1. The van der Waals surface area contributed by atoms with E-state index in [2.05, 4.69) is 19.2 Å². The minimum atomic E-state index is -0.237. The van der Waals surface area contributed by atoms with Gasteiger partial charge in [0.05, 0.1) is 12.2 Å². The fourth-order valence-electron chi connectivity index (χ4n) is 2.17. The maximum atomic E-state index is 11.6. The first-order valence-corrected chi connectivity index (χ1v) is 6.06. The molecular formula is C14H19NO2. The zero-order valence-electron chi connectivity index (χ0n) is 10.7. The maximum absolute atomic E-state index is 11.6. The summed E-state index contributed by atoms with van der Waals surface area (Å²) in [5.74, 6) is -0.237. The summed E-state index contributed by atoms with van der Waals surface area (Å²) in [4.78, 5) is 11.6. The van der Waals surface area contributed by atoms with Crippen molar-refractivity contribution >= 4 is 11.7 Å². The van der Waals surface area contributed by atoms with Gasteiger partial charge in [-0.3, -0.25) is 0 Å². The molecule has 0 amide bonds. The van der Waals surface area contributed by atoms with Gasteiger partial charge < -0.3 is 10.1 Å². The van der Waals surface area contributed by atoms with Crippen LogP contribution in [0.2, 0.25) is 0 Å². The Balaban J connectivity index is 2.27. The average molecular weight is 233 g/mol. The highest BCUT2D eigenvalue weighted by Gasteiger charge is 2.25. The van der Waals surface area contributed by atoms with Crippen molar-refractivity contribution in [1.82, 2.24) is 0 Å². The quantitative estimate of drug-likeness (QED) is 0.798. The summed E-state index contributed by atoms with van der Waals surface area (Å²) in [6.45, 7) is 7.65. The van der Waals surface area contributed by atoms with Crippen LogP contribution in [0.1, 0.15) is 36.7 Å². The van der Waals surface area contributed by atoms with E-state index in [4.69, 9.17) is 4.74 Å². The van der Waals surface area contributed by atoms with Gasteiger partial charge in [0.15, 0.2) is 0 Å². The molecule has 1 heterocycles. The number of benzene rings is 1.